The number of benzene rings is 2. The van der Waals surface area contributed by atoms with E-state index in [0.29, 0.717) is 11.2 Å². The lowest BCUT2D eigenvalue weighted by atomic mass is 10.0. The number of halogens is 1. The number of anilines is 1. The summed E-state index contributed by atoms with van der Waals surface area (Å²) in [6, 6.07) is 14.4. The highest BCUT2D eigenvalue weighted by molar-refractivity contribution is 7.80. The zero-order valence-corrected chi connectivity index (χ0v) is 16.8. The van der Waals surface area contributed by atoms with E-state index in [-0.39, 0.29) is 6.04 Å². The van der Waals surface area contributed by atoms with E-state index in [9.17, 15) is 0 Å². The fourth-order valence-electron chi connectivity index (χ4n) is 4.10. The number of aliphatic imine (C=N–C) groups is 1. The molecule has 1 saturated carbocycles. The van der Waals surface area contributed by atoms with Gasteiger partial charge in [-0.1, -0.05) is 36.6 Å². The number of H-pyrrole nitrogens is 1. The highest BCUT2D eigenvalue weighted by Crippen LogP contribution is 2.35. The summed E-state index contributed by atoms with van der Waals surface area (Å²) in [6.45, 7) is 0. The quantitative estimate of drug-likeness (QED) is 0.598. The first-order valence-electron chi connectivity index (χ1n) is 9.55. The van der Waals surface area contributed by atoms with Crippen molar-refractivity contribution in [3.05, 3.63) is 59.4 Å². The van der Waals surface area contributed by atoms with Gasteiger partial charge < -0.3 is 15.2 Å². The van der Waals surface area contributed by atoms with E-state index in [2.05, 4.69) is 32.3 Å². The van der Waals surface area contributed by atoms with Gasteiger partial charge >= 0.3 is 0 Å². The van der Waals surface area contributed by atoms with Crippen LogP contribution in [0.4, 0.5) is 5.69 Å². The van der Waals surface area contributed by atoms with Crippen LogP contribution >= 0.6 is 23.8 Å². The van der Waals surface area contributed by atoms with E-state index in [4.69, 9.17) is 28.8 Å². The summed E-state index contributed by atoms with van der Waals surface area (Å²) in [4.78, 5) is 14.7. The molecule has 0 spiro atoms. The molecule has 1 aromatic heterocycles. The Hall–Kier alpha value is -2.44. The summed E-state index contributed by atoms with van der Waals surface area (Å²) in [5.41, 5.74) is 4.02. The van der Waals surface area contributed by atoms with Gasteiger partial charge in [0.1, 0.15) is 11.9 Å². The Morgan fingerprint density at radius 3 is 2.68 bits per heavy atom. The zero-order chi connectivity index (χ0) is 19.1. The van der Waals surface area contributed by atoms with Crippen molar-refractivity contribution in [3.63, 3.8) is 0 Å². The second kappa shape index (κ2) is 7.18. The average molecular weight is 410 g/mol. The third-order valence-electron chi connectivity index (χ3n) is 5.49. The summed E-state index contributed by atoms with van der Waals surface area (Å²) in [6.07, 6.45) is 6.49. The normalized spacial score (nSPS) is 21.8. The molecule has 7 heteroatoms. The maximum absolute atomic E-state index is 6.13. The second-order valence-corrected chi connectivity index (χ2v) is 8.13. The molecule has 3 aromatic rings. The summed E-state index contributed by atoms with van der Waals surface area (Å²) >= 11 is 11.9. The van der Waals surface area contributed by atoms with Crippen LogP contribution in [-0.2, 0) is 0 Å². The Balaban J connectivity index is 1.60. The Morgan fingerprint density at radius 2 is 1.89 bits per heavy atom. The number of aromatic amines is 1. The SMILES string of the molecule is S=C1N/C(=N\C2CCCC2)C(c2ccc(Cl)cc2)N1c1ccc2[nH]cnc2c1. The third-order valence-corrected chi connectivity index (χ3v) is 6.04. The molecule has 1 aliphatic heterocycles. The van der Waals surface area contributed by atoms with Crippen LogP contribution in [0.3, 0.4) is 0 Å². The molecule has 2 N–H and O–H groups in total. The number of fused-ring (bicyclic) bond motifs is 1. The molecule has 1 saturated heterocycles. The molecule has 2 aromatic carbocycles. The van der Waals surface area contributed by atoms with E-state index in [1.165, 1.54) is 12.8 Å². The van der Waals surface area contributed by atoms with Crippen LogP contribution < -0.4 is 10.2 Å². The van der Waals surface area contributed by atoms with Gasteiger partial charge in [0.15, 0.2) is 5.11 Å². The van der Waals surface area contributed by atoms with Crippen molar-refractivity contribution in [2.45, 2.75) is 37.8 Å². The lowest BCUT2D eigenvalue weighted by Crippen LogP contribution is -2.29. The molecule has 1 unspecified atom stereocenters. The minimum atomic E-state index is -0.0956. The molecule has 28 heavy (non-hydrogen) atoms. The molecule has 1 atom stereocenters. The second-order valence-electron chi connectivity index (χ2n) is 7.31. The molecule has 0 radical (unpaired) electrons. The zero-order valence-electron chi connectivity index (χ0n) is 15.2. The van der Waals surface area contributed by atoms with Crippen molar-refractivity contribution < 1.29 is 0 Å². The molecule has 0 amide bonds. The number of nitrogens with one attached hydrogen (secondary N) is 2. The number of rotatable bonds is 3. The summed E-state index contributed by atoms with van der Waals surface area (Å²) < 4.78 is 0. The van der Waals surface area contributed by atoms with Gasteiger partial charge in [-0.2, -0.15) is 0 Å². The minimum Gasteiger partial charge on any atom is -0.345 e. The van der Waals surface area contributed by atoms with Crippen molar-refractivity contribution in [1.29, 1.82) is 0 Å². The topological polar surface area (TPSA) is 56.3 Å². The third kappa shape index (κ3) is 3.16. The van der Waals surface area contributed by atoms with Crippen LogP contribution in [0.5, 0.6) is 0 Å². The number of aromatic nitrogens is 2. The average Bonchev–Trinajstić information content (AvgIpc) is 3.42. The minimum absolute atomic E-state index is 0.0956. The van der Waals surface area contributed by atoms with Crippen LogP contribution in [0.15, 0.2) is 53.8 Å². The lowest BCUT2D eigenvalue weighted by molar-refractivity contribution is 0.698. The van der Waals surface area contributed by atoms with Gasteiger partial charge in [0.05, 0.1) is 23.4 Å². The predicted molar refractivity (Wildman–Crippen MR) is 118 cm³/mol. The molecule has 5 rings (SSSR count). The van der Waals surface area contributed by atoms with E-state index >= 15 is 0 Å². The monoisotopic (exact) mass is 409 g/mol. The van der Waals surface area contributed by atoms with Crippen molar-refractivity contribution >= 4 is 51.5 Å². The fourth-order valence-corrected chi connectivity index (χ4v) is 4.54. The Morgan fingerprint density at radius 1 is 1.11 bits per heavy atom. The molecular formula is C21H20ClN5S. The van der Waals surface area contributed by atoms with Crippen molar-refractivity contribution in [3.8, 4) is 0 Å². The molecule has 2 fully saturated rings. The fraction of sp³-hybridized carbons (Fsp3) is 0.286. The lowest BCUT2D eigenvalue weighted by Gasteiger charge is -2.25. The first-order chi connectivity index (χ1) is 13.7. The molecule has 0 bridgehead atoms. The van der Waals surface area contributed by atoms with Gasteiger partial charge in [0.2, 0.25) is 0 Å². The Bertz CT molecular complexity index is 1050. The van der Waals surface area contributed by atoms with Gasteiger partial charge in [-0.05, 0) is 61.0 Å². The van der Waals surface area contributed by atoms with Gasteiger partial charge in [0, 0.05) is 10.7 Å². The maximum atomic E-state index is 6.13. The highest BCUT2D eigenvalue weighted by Gasteiger charge is 2.37. The number of hydrogen-bond acceptors (Lipinski definition) is 3. The highest BCUT2D eigenvalue weighted by atomic mass is 35.5. The number of thiocarbonyl (C=S) groups is 1. The van der Waals surface area contributed by atoms with Crippen LogP contribution in [0.25, 0.3) is 11.0 Å². The van der Waals surface area contributed by atoms with Gasteiger partial charge in [-0.3, -0.25) is 4.99 Å². The standard InChI is InChI=1S/C21H20ClN5S/c22-14-7-5-13(6-8-14)19-20(25-15-3-1-2-4-15)26-21(28)27(19)16-9-10-17-18(11-16)24-12-23-17/h5-12,15,19H,1-4H2,(H,23,24)(H,25,26,28). The van der Waals surface area contributed by atoms with E-state index in [1.807, 2.05) is 30.3 Å². The first-order valence-corrected chi connectivity index (χ1v) is 10.3. The largest absolute Gasteiger partial charge is 0.345 e. The van der Waals surface area contributed by atoms with Crippen molar-refractivity contribution in [1.82, 2.24) is 15.3 Å². The Labute approximate surface area is 173 Å². The van der Waals surface area contributed by atoms with Gasteiger partial charge in [-0.15, -0.1) is 0 Å². The predicted octanol–water partition coefficient (Wildman–Crippen LogP) is 4.99. The maximum Gasteiger partial charge on any atom is 0.179 e. The van der Waals surface area contributed by atoms with Crippen molar-refractivity contribution in [2.24, 2.45) is 4.99 Å². The van der Waals surface area contributed by atoms with E-state index < -0.39 is 0 Å². The number of nitrogens with zero attached hydrogens (tertiary/aromatic N) is 3. The van der Waals surface area contributed by atoms with Gasteiger partial charge in [0.25, 0.3) is 0 Å². The molecule has 2 heterocycles. The van der Waals surface area contributed by atoms with E-state index in [1.54, 1.807) is 6.33 Å². The number of amidine groups is 1. The Kier molecular flexibility index (Phi) is 4.53. The molecule has 142 valence electrons. The van der Waals surface area contributed by atoms with Gasteiger partial charge in [-0.25, -0.2) is 4.98 Å². The summed E-state index contributed by atoms with van der Waals surface area (Å²) in [5.74, 6) is 0.918. The first kappa shape index (κ1) is 17.6. The molecular weight excluding hydrogens is 390 g/mol. The van der Waals surface area contributed by atoms with E-state index in [0.717, 1.165) is 46.0 Å². The smallest absolute Gasteiger partial charge is 0.179 e. The molecule has 5 nitrogen and oxygen atoms in total. The number of imidazole rings is 1. The summed E-state index contributed by atoms with van der Waals surface area (Å²) in [5, 5.41) is 4.76. The van der Waals surface area contributed by atoms with Crippen LogP contribution in [0, 0.1) is 0 Å². The molecule has 2 aliphatic rings. The van der Waals surface area contributed by atoms with Crippen LogP contribution in [0.2, 0.25) is 5.02 Å². The van der Waals surface area contributed by atoms with Crippen molar-refractivity contribution in [2.75, 3.05) is 4.90 Å². The summed E-state index contributed by atoms with van der Waals surface area (Å²) in [7, 11) is 0. The number of hydrogen-bond donors (Lipinski definition) is 2. The molecule has 1 aliphatic carbocycles. The van der Waals surface area contributed by atoms with Crippen LogP contribution in [0.1, 0.15) is 37.3 Å². The van der Waals surface area contributed by atoms with Crippen LogP contribution in [-0.4, -0.2) is 27.0 Å².